The molecule has 0 aliphatic rings. The number of allylic oxidation sites excluding steroid dienone is 4. The second kappa shape index (κ2) is 40.9. The zero-order chi connectivity index (χ0) is 42.8. The average Bonchev–Trinajstić information content (AvgIpc) is 3.17. The summed E-state index contributed by atoms with van der Waals surface area (Å²) in [5.74, 6) is -0.877. The standard InChI is InChI=1S/C48H92NO8P/c1-6-8-10-12-14-16-18-20-22-24-26-28-30-32-34-36-38-40-47(50)54-44-46(45-56-58(52,53)55-43-42-49(3,4)5)57-48(51)41-39-37-35-33-31-29-27-25-23-21-19-17-15-13-11-9-7-2/h26,28,32,34,46H,6-25,27,29-31,33,35-45H2,1-5H3/b28-26+,34-32+/t46-/m1/s1. The molecule has 0 heterocycles. The van der Waals surface area contributed by atoms with Crippen LogP contribution in [0.15, 0.2) is 24.3 Å². The highest BCUT2D eigenvalue weighted by atomic mass is 31.2. The number of phosphoric acid groups is 1. The number of unbranched alkanes of at least 4 members (excludes halogenated alkanes) is 26. The molecule has 0 aliphatic carbocycles. The van der Waals surface area contributed by atoms with E-state index in [1.54, 1.807) is 0 Å². The fourth-order valence-electron chi connectivity index (χ4n) is 6.70. The summed E-state index contributed by atoms with van der Waals surface area (Å²) in [5, 5.41) is 0. The number of nitrogens with zero attached hydrogens (tertiary/aromatic N) is 1. The molecule has 0 radical (unpaired) electrons. The van der Waals surface area contributed by atoms with Gasteiger partial charge in [0.05, 0.1) is 27.7 Å². The van der Waals surface area contributed by atoms with Crippen LogP contribution in [0.2, 0.25) is 0 Å². The van der Waals surface area contributed by atoms with Crippen molar-refractivity contribution in [2.75, 3.05) is 47.5 Å². The SMILES string of the molecule is CCCCCCCCCCC/C=C/C/C=C/CCCC(=O)OC[C@H](COP(=O)([O-])OCC[N+](C)(C)C)OC(=O)CCCCCCCCCCCCCCCCCCC. The van der Waals surface area contributed by atoms with Crippen molar-refractivity contribution >= 4 is 19.8 Å². The van der Waals surface area contributed by atoms with Crippen molar-refractivity contribution in [2.24, 2.45) is 0 Å². The third kappa shape index (κ3) is 44.1. The highest BCUT2D eigenvalue weighted by Gasteiger charge is 2.21. The molecular weight excluding hydrogens is 750 g/mol. The fourth-order valence-corrected chi connectivity index (χ4v) is 7.42. The zero-order valence-electron chi connectivity index (χ0n) is 38.5. The van der Waals surface area contributed by atoms with Crippen molar-refractivity contribution in [3.63, 3.8) is 0 Å². The van der Waals surface area contributed by atoms with E-state index in [2.05, 4.69) is 38.2 Å². The fraction of sp³-hybridized carbons (Fsp3) is 0.875. The summed E-state index contributed by atoms with van der Waals surface area (Å²) in [4.78, 5) is 37.6. The van der Waals surface area contributed by atoms with Crippen molar-refractivity contribution in [1.29, 1.82) is 0 Å². The van der Waals surface area contributed by atoms with Crippen molar-refractivity contribution in [3.8, 4) is 0 Å². The number of hydrogen-bond donors (Lipinski definition) is 0. The molecule has 0 fully saturated rings. The van der Waals surface area contributed by atoms with E-state index in [-0.39, 0.29) is 26.1 Å². The molecule has 1 unspecified atom stereocenters. The van der Waals surface area contributed by atoms with Gasteiger partial charge < -0.3 is 27.9 Å². The van der Waals surface area contributed by atoms with Crippen molar-refractivity contribution in [3.05, 3.63) is 24.3 Å². The van der Waals surface area contributed by atoms with E-state index < -0.39 is 32.5 Å². The molecule has 0 amide bonds. The van der Waals surface area contributed by atoms with Crippen LogP contribution < -0.4 is 4.89 Å². The first-order valence-electron chi connectivity index (χ1n) is 24.0. The van der Waals surface area contributed by atoms with Gasteiger partial charge in [-0.2, -0.15) is 0 Å². The van der Waals surface area contributed by atoms with Gasteiger partial charge in [0.2, 0.25) is 0 Å². The summed E-state index contributed by atoms with van der Waals surface area (Å²) >= 11 is 0. The van der Waals surface area contributed by atoms with Crippen LogP contribution in [0.3, 0.4) is 0 Å². The Hall–Kier alpha value is -1.51. The van der Waals surface area contributed by atoms with Gasteiger partial charge in [-0.15, -0.1) is 0 Å². The van der Waals surface area contributed by atoms with E-state index in [1.165, 1.54) is 148 Å². The van der Waals surface area contributed by atoms with Gasteiger partial charge in [0.1, 0.15) is 19.8 Å². The molecule has 9 nitrogen and oxygen atoms in total. The van der Waals surface area contributed by atoms with Gasteiger partial charge in [-0.3, -0.25) is 14.2 Å². The molecule has 0 N–H and O–H groups in total. The molecule has 0 saturated heterocycles. The lowest BCUT2D eigenvalue weighted by Gasteiger charge is -2.28. The van der Waals surface area contributed by atoms with Crippen LogP contribution >= 0.6 is 7.82 Å². The van der Waals surface area contributed by atoms with Crippen molar-refractivity contribution in [1.82, 2.24) is 0 Å². The van der Waals surface area contributed by atoms with E-state index in [0.29, 0.717) is 23.9 Å². The van der Waals surface area contributed by atoms with E-state index >= 15 is 0 Å². The Morgan fingerprint density at radius 3 is 1.41 bits per heavy atom. The molecule has 0 rings (SSSR count). The normalized spacial score (nSPS) is 13.7. The van der Waals surface area contributed by atoms with Gasteiger partial charge in [-0.1, -0.05) is 192 Å². The Labute approximate surface area is 358 Å². The maximum absolute atomic E-state index is 12.7. The Balaban J connectivity index is 4.34. The van der Waals surface area contributed by atoms with E-state index in [0.717, 1.165) is 32.1 Å². The molecule has 0 aromatic heterocycles. The number of hydrogen-bond acceptors (Lipinski definition) is 8. The Morgan fingerprint density at radius 2 is 0.948 bits per heavy atom. The van der Waals surface area contributed by atoms with Crippen LogP contribution in [-0.4, -0.2) is 70.0 Å². The van der Waals surface area contributed by atoms with Crippen molar-refractivity contribution < 1.29 is 42.1 Å². The smallest absolute Gasteiger partial charge is 0.306 e. The van der Waals surface area contributed by atoms with E-state index in [9.17, 15) is 19.0 Å². The van der Waals surface area contributed by atoms with Gasteiger partial charge >= 0.3 is 11.9 Å². The second-order valence-corrected chi connectivity index (χ2v) is 18.9. The quantitative estimate of drug-likeness (QED) is 0.0196. The lowest BCUT2D eigenvalue weighted by molar-refractivity contribution is -0.870. The lowest BCUT2D eigenvalue weighted by atomic mass is 10.0. The minimum Gasteiger partial charge on any atom is -0.756 e. The summed E-state index contributed by atoms with van der Waals surface area (Å²) in [6.07, 6.45) is 45.0. The molecule has 0 aromatic rings. The lowest BCUT2D eigenvalue weighted by Crippen LogP contribution is -2.37. The molecular formula is C48H92NO8P. The predicted octanol–water partition coefficient (Wildman–Crippen LogP) is 13.3. The maximum atomic E-state index is 12.7. The number of rotatable bonds is 44. The average molecular weight is 842 g/mol. The summed E-state index contributed by atoms with van der Waals surface area (Å²) in [6.45, 7) is 4.21. The van der Waals surface area contributed by atoms with Gasteiger partial charge in [-0.05, 0) is 38.5 Å². The first-order valence-corrected chi connectivity index (χ1v) is 25.5. The Bertz CT molecular complexity index is 1040. The third-order valence-electron chi connectivity index (χ3n) is 10.5. The second-order valence-electron chi connectivity index (χ2n) is 17.5. The summed E-state index contributed by atoms with van der Waals surface area (Å²) in [6, 6.07) is 0. The first kappa shape index (κ1) is 56.5. The monoisotopic (exact) mass is 842 g/mol. The molecule has 0 bridgehead atoms. The molecule has 10 heteroatoms. The molecule has 2 atom stereocenters. The van der Waals surface area contributed by atoms with Gasteiger partial charge in [-0.25, -0.2) is 0 Å². The zero-order valence-corrected chi connectivity index (χ0v) is 39.4. The summed E-state index contributed by atoms with van der Waals surface area (Å²) in [7, 11) is 1.15. The number of esters is 2. The number of likely N-dealkylation sites (N-methyl/N-ethyl adjacent to an activating group) is 1. The largest absolute Gasteiger partial charge is 0.756 e. The molecule has 0 spiro atoms. The topological polar surface area (TPSA) is 111 Å². The number of carbonyl (C=O) groups excluding carboxylic acids is 2. The minimum atomic E-state index is -4.63. The van der Waals surface area contributed by atoms with E-state index in [4.69, 9.17) is 18.5 Å². The van der Waals surface area contributed by atoms with Crippen LogP contribution in [0, 0.1) is 0 Å². The number of quaternary nitrogens is 1. The summed E-state index contributed by atoms with van der Waals surface area (Å²) in [5.41, 5.74) is 0. The van der Waals surface area contributed by atoms with Crippen molar-refractivity contribution in [2.45, 2.75) is 225 Å². The van der Waals surface area contributed by atoms with Crippen LogP contribution in [0.1, 0.15) is 219 Å². The Kier molecular flexibility index (Phi) is 39.8. The van der Waals surface area contributed by atoms with Crippen LogP contribution in [0.5, 0.6) is 0 Å². The molecule has 0 aliphatic heterocycles. The van der Waals surface area contributed by atoms with Gasteiger partial charge in [0.15, 0.2) is 6.10 Å². The highest BCUT2D eigenvalue weighted by Crippen LogP contribution is 2.38. The van der Waals surface area contributed by atoms with Gasteiger partial charge in [0.25, 0.3) is 7.82 Å². The Morgan fingerprint density at radius 1 is 0.534 bits per heavy atom. The molecule has 342 valence electrons. The van der Waals surface area contributed by atoms with E-state index in [1.807, 2.05) is 21.1 Å². The van der Waals surface area contributed by atoms with Gasteiger partial charge in [0, 0.05) is 12.8 Å². The molecule has 0 aromatic carbocycles. The summed E-state index contributed by atoms with van der Waals surface area (Å²) < 4.78 is 33.9. The van der Waals surface area contributed by atoms with Crippen LogP contribution in [0.4, 0.5) is 0 Å². The third-order valence-corrected chi connectivity index (χ3v) is 11.4. The van der Waals surface area contributed by atoms with Crippen LogP contribution in [-0.2, 0) is 32.7 Å². The highest BCUT2D eigenvalue weighted by molar-refractivity contribution is 7.45. The molecule has 0 saturated carbocycles. The van der Waals surface area contributed by atoms with Crippen LogP contribution in [0.25, 0.3) is 0 Å². The maximum Gasteiger partial charge on any atom is 0.306 e. The minimum absolute atomic E-state index is 0.0346. The first-order chi connectivity index (χ1) is 28.0. The number of phosphoric ester groups is 1. The number of carbonyl (C=O) groups is 2. The molecule has 58 heavy (non-hydrogen) atoms. The number of ether oxygens (including phenoxy) is 2. The predicted molar refractivity (Wildman–Crippen MR) is 241 cm³/mol.